The zero-order chi connectivity index (χ0) is 10.2. The van der Waals surface area contributed by atoms with Crippen molar-refractivity contribution in [2.75, 3.05) is 6.54 Å². The molecule has 0 aromatic carbocycles. The van der Waals surface area contributed by atoms with Gasteiger partial charge in [-0.15, -0.1) is 0 Å². The molecule has 0 unspecified atom stereocenters. The molecular weight excluding hydrogens is 166 g/mol. The van der Waals surface area contributed by atoms with Gasteiger partial charge in [0.15, 0.2) is 0 Å². The summed E-state index contributed by atoms with van der Waals surface area (Å²) in [6, 6.07) is 3.99. The van der Waals surface area contributed by atoms with E-state index in [4.69, 9.17) is 16.1 Å². The predicted molar refractivity (Wildman–Crippen MR) is 47.2 cm³/mol. The van der Waals surface area contributed by atoms with E-state index in [1.165, 1.54) is 0 Å². The van der Waals surface area contributed by atoms with E-state index in [1.54, 1.807) is 6.92 Å². The van der Waals surface area contributed by atoms with E-state index >= 15 is 0 Å². The van der Waals surface area contributed by atoms with Crippen molar-refractivity contribution in [2.45, 2.75) is 26.2 Å². The van der Waals surface area contributed by atoms with Crippen LogP contribution in [0.2, 0.25) is 0 Å². The van der Waals surface area contributed by atoms with Crippen LogP contribution < -0.4 is 0 Å². The Morgan fingerprint density at radius 1 is 1.46 bits per heavy atom. The highest BCUT2D eigenvalue weighted by atomic mass is 15.1. The molecule has 0 radical (unpaired) electrons. The maximum Gasteiger partial charge on any atom is 0.143 e. The van der Waals surface area contributed by atoms with Crippen LogP contribution in [0.1, 0.15) is 26.2 Å². The Bertz CT molecular complexity index is 262. The molecule has 0 saturated heterocycles. The fraction of sp³-hybridized carbons (Fsp3) is 0.750. The Labute approximate surface area is 77.2 Å². The van der Waals surface area contributed by atoms with Gasteiger partial charge in [-0.25, -0.2) is 0 Å². The first-order chi connectivity index (χ1) is 6.24. The van der Waals surface area contributed by atoms with E-state index in [2.05, 4.69) is 10.0 Å². The molecule has 0 N–H and O–H groups in total. The molecule has 0 spiro atoms. The first kappa shape index (κ1) is 11.3. The van der Waals surface area contributed by atoms with Crippen LogP contribution in [-0.2, 0) is 0 Å². The Kier molecular flexibility index (Phi) is 5.11. The second-order valence-electron chi connectivity index (χ2n) is 2.72. The van der Waals surface area contributed by atoms with Crippen LogP contribution in [-0.4, -0.2) is 6.54 Å². The molecule has 0 aliphatic carbocycles. The van der Waals surface area contributed by atoms with Crippen molar-refractivity contribution in [1.29, 1.82) is 10.5 Å². The highest BCUT2D eigenvalue weighted by molar-refractivity contribution is 5.12. The number of rotatable bonds is 5. The van der Waals surface area contributed by atoms with Crippen molar-refractivity contribution in [3.8, 4) is 12.1 Å². The Hall–Kier alpha value is -1.71. The SMILES string of the molecule is CCC(C#N)(C#N)CCCN=[N+]=[N-]. The Morgan fingerprint density at radius 3 is 2.46 bits per heavy atom. The summed E-state index contributed by atoms with van der Waals surface area (Å²) in [6.07, 6.45) is 1.56. The van der Waals surface area contributed by atoms with Crippen LogP contribution in [0.5, 0.6) is 0 Å². The standard InChI is InChI=1S/C8H11N5/c1-2-8(6-9,7-10)4-3-5-12-13-11/h2-5H2,1H3. The Balaban J connectivity index is 4.07. The van der Waals surface area contributed by atoms with Crippen molar-refractivity contribution in [3.05, 3.63) is 10.4 Å². The lowest BCUT2D eigenvalue weighted by Crippen LogP contribution is -2.14. The van der Waals surface area contributed by atoms with Crippen molar-refractivity contribution in [3.63, 3.8) is 0 Å². The van der Waals surface area contributed by atoms with Gasteiger partial charge in [0.05, 0.1) is 12.1 Å². The van der Waals surface area contributed by atoms with Gasteiger partial charge in [0.1, 0.15) is 5.41 Å². The number of nitriles is 2. The summed E-state index contributed by atoms with van der Waals surface area (Å²) in [5.41, 5.74) is 7.10. The number of hydrogen-bond acceptors (Lipinski definition) is 3. The molecule has 68 valence electrons. The molecule has 0 aliphatic rings. The monoisotopic (exact) mass is 177 g/mol. The van der Waals surface area contributed by atoms with E-state index in [9.17, 15) is 0 Å². The highest BCUT2D eigenvalue weighted by Crippen LogP contribution is 2.25. The van der Waals surface area contributed by atoms with E-state index in [-0.39, 0.29) is 0 Å². The lowest BCUT2D eigenvalue weighted by molar-refractivity contribution is 0.447. The van der Waals surface area contributed by atoms with Crippen molar-refractivity contribution < 1.29 is 0 Å². The lowest BCUT2D eigenvalue weighted by Gasteiger charge is -2.14. The van der Waals surface area contributed by atoms with Crippen LogP contribution in [0, 0.1) is 28.1 Å². The van der Waals surface area contributed by atoms with Gasteiger partial charge in [0.25, 0.3) is 0 Å². The molecule has 0 heterocycles. The van der Waals surface area contributed by atoms with Crippen LogP contribution >= 0.6 is 0 Å². The quantitative estimate of drug-likeness (QED) is 0.279. The molecule has 13 heavy (non-hydrogen) atoms. The lowest BCUT2D eigenvalue weighted by atomic mass is 9.84. The van der Waals surface area contributed by atoms with E-state index in [0.29, 0.717) is 25.8 Å². The molecule has 0 bridgehead atoms. The summed E-state index contributed by atoms with van der Waals surface area (Å²) in [7, 11) is 0. The van der Waals surface area contributed by atoms with Gasteiger partial charge in [0.2, 0.25) is 0 Å². The van der Waals surface area contributed by atoms with Gasteiger partial charge in [-0.05, 0) is 24.8 Å². The molecule has 0 rings (SSSR count). The topological polar surface area (TPSA) is 96.3 Å². The van der Waals surface area contributed by atoms with Gasteiger partial charge >= 0.3 is 0 Å². The number of azide groups is 1. The maximum absolute atomic E-state index is 8.76. The van der Waals surface area contributed by atoms with Crippen molar-refractivity contribution in [1.82, 2.24) is 0 Å². The van der Waals surface area contributed by atoms with E-state index in [0.717, 1.165) is 0 Å². The largest absolute Gasteiger partial charge is 0.197 e. The van der Waals surface area contributed by atoms with E-state index < -0.39 is 5.41 Å². The summed E-state index contributed by atoms with van der Waals surface area (Å²) in [5.74, 6) is 0. The fourth-order valence-electron chi connectivity index (χ4n) is 0.968. The fourth-order valence-corrected chi connectivity index (χ4v) is 0.968. The minimum atomic E-state index is -0.898. The van der Waals surface area contributed by atoms with Crippen molar-refractivity contribution >= 4 is 0 Å². The Morgan fingerprint density at radius 2 is 2.08 bits per heavy atom. The van der Waals surface area contributed by atoms with Crippen LogP contribution in [0.15, 0.2) is 5.11 Å². The minimum Gasteiger partial charge on any atom is -0.197 e. The number of nitrogens with zero attached hydrogens (tertiary/aromatic N) is 5. The molecule has 0 amide bonds. The van der Waals surface area contributed by atoms with Gasteiger partial charge in [-0.1, -0.05) is 12.0 Å². The molecule has 0 saturated carbocycles. The molecule has 5 heteroatoms. The second-order valence-corrected chi connectivity index (χ2v) is 2.72. The first-order valence-electron chi connectivity index (χ1n) is 4.08. The second kappa shape index (κ2) is 5.88. The van der Waals surface area contributed by atoms with Crippen LogP contribution in [0.25, 0.3) is 10.4 Å². The maximum atomic E-state index is 8.76. The summed E-state index contributed by atoms with van der Waals surface area (Å²) in [6.45, 7) is 2.15. The molecule has 0 atom stereocenters. The molecule has 0 aromatic rings. The van der Waals surface area contributed by atoms with Gasteiger partial charge in [-0.3, -0.25) is 0 Å². The summed E-state index contributed by atoms with van der Waals surface area (Å²) >= 11 is 0. The zero-order valence-corrected chi connectivity index (χ0v) is 7.56. The third kappa shape index (κ3) is 3.46. The molecular formula is C8H11N5. The zero-order valence-electron chi connectivity index (χ0n) is 7.56. The first-order valence-corrected chi connectivity index (χ1v) is 4.08. The van der Waals surface area contributed by atoms with Gasteiger partial charge in [-0.2, -0.15) is 10.5 Å². The average Bonchev–Trinajstić information content (AvgIpc) is 2.20. The molecule has 0 fully saturated rings. The minimum absolute atomic E-state index is 0.349. The van der Waals surface area contributed by atoms with E-state index in [1.807, 2.05) is 12.1 Å². The summed E-state index contributed by atoms with van der Waals surface area (Å²) in [4.78, 5) is 2.59. The molecule has 5 nitrogen and oxygen atoms in total. The van der Waals surface area contributed by atoms with Crippen LogP contribution in [0.4, 0.5) is 0 Å². The average molecular weight is 177 g/mol. The molecule has 0 aliphatic heterocycles. The third-order valence-corrected chi connectivity index (χ3v) is 1.96. The molecule has 0 aromatic heterocycles. The number of hydrogen-bond donors (Lipinski definition) is 0. The summed E-state index contributed by atoms with van der Waals surface area (Å²) in [5, 5.41) is 20.9. The highest BCUT2D eigenvalue weighted by Gasteiger charge is 2.26. The van der Waals surface area contributed by atoms with Gasteiger partial charge < -0.3 is 0 Å². The third-order valence-electron chi connectivity index (χ3n) is 1.96. The van der Waals surface area contributed by atoms with Crippen molar-refractivity contribution in [2.24, 2.45) is 10.5 Å². The predicted octanol–water partition coefficient (Wildman–Crippen LogP) is 2.52. The van der Waals surface area contributed by atoms with Gasteiger partial charge in [0, 0.05) is 11.5 Å². The normalized spacial score (nSPS) is 9.46. The summed E-state index contributed by atoms with van der Waals surface area (Å²) < 4.78 is 0. The smallest absolute Gasteiger partial charge is 0.143 e. The van der Waals surface area contributed by atoms with Crippen LogP contribution in [0.3, 0.4) is 0 Å².